The number of anilines is 1. The van der Waals surface area contributed by atoms with E-state index in [1.54, 1.807) is 12.1 Å². The van der Waals surface area contributed by atoms with Crippen molar-refractivity contribution in [3.05, 3.63) is 23.8 Å². The molecule has 1 fully saturated rings. The predicted octanol–water partition coefficient (Wildman–Crippen LogP) is -0.519. The number of primary sulfonamides is 1. The molecule has 3 rings (SSSR count). The van der Waals surface area contributed by atoms with Gasteiger partial charge in [0.1, 0.15) is 6.04 Å². The molecule has 0 aromatic heterocycles. The van der Waals surface area contributed by atoms with Gasteiger partial charge in [0.2, 0.25) is 21.8 Å². The number of benzene rings is 1. The molecule has 2 aliphatic heterocycles. The summed E-state index contributed by atoms with van der Waals surface area (Å²) in [6.07, 6.45) is 3.11. The van der Waals surface area contributed by atoms with E-state index in [2.05, 4.69) is 10.6 Å². The Kier molecular flexibility index (Phi) is 4.96. The van der Waals surface area contributed by atoms with Gasteiger partial charge in [0, 0.05) is 18.8 Å². The molecule has 4 N–H and O–H groups in total. The van der Waals surface area contributed by atoms with Crippen LogP contribution < -0.4 is 20.7 Å². The lowest BCUT2D eigenvalue weighted by molar-refractivity contribution is -0.128. The maximum atomic E-state index is 12.3. The van der Waals surface area contributed by atoms with E-state index in [9.17, 15) is 18.0 Å². The van der Waals surface area contributed by atoms with Crippen LogP contribution in [0.15, 0.2) is 23.1 Å². The Morgan fingerprint density at radius 1 is 1.36 bits per heavy atom. The molecular weight excluding hydrogens is 344 g/mol. The standard InChI is InChI=1S/C16H22N4O4S/c17-25(23,24)12-4-5-14-11(9-12)6-8-20(14)10-15(21)19-13-3-1-2-7-18-16(13)22/h4-5,9,13H,1-3,6-8,10H2,(H,18,22)(H,19,21)(H2,17,23,24)/t13-/m0/s1. The lowest BCUT2D eigenvalue weighted by Gasteiger charge is -2.21. The second-order valence-corrected chi connectivity index (χ2v) is 7.98. The van der Waals surface area contributed by atoms with Gasteiger partial charge in [0.15, 0.2) is 0 Å². The highest BCUT2D eigenvalue weighted by atomic mass is 32.2. The van der Waals surface area contributed by atoms with Crippen molar-refractivity contribution in [1.29, 1.82) is 0 Å². The molecule has 0 unspecified atom stereocenters. The van der Waals surface area contributed by atoms with Gasteiger partial charge >= 0.3 is 0 Å². The van der Waals surface area contributed by atoms with Crippen molar-refractivity contribution in [2.75, 3.05) is 24.5 Å². The summed E-state index contributed by atoms with van der Waals surface area (Å²) >= 11 is 0. The number of carbonyl (C=O) groups excluding carboxylic acids is 2. The van der Waals surface area contributed by atoms with Crippen molar-refractivity contribution in [3.63, 3.8) is 0 Å². The van der Waals surface area contributed by atoms with Crippen LogP contribution >= 0.6 is 0 Å². The zero-order valence-corrected chi connectivity index (χ0v) is 14.6. The zero-order chi connectivity index (χ0) is 18.0. The summed E-state index contributed by atoms with van der Waals surface area (Å²) in [5.41, 5.74) is 1.68. The monoisotopic (exact) mass is 366 g/mol. The van der Waals surface area contributed by atoms with Crippen molar-refractivity contribution in [2.45, 2.75) is 36.6 Å². The molecule has 0 aliphatic carbocycles. The molecule has 0 bridgehead atoms. The largest absolute Gasteiger partial charge is 0.362 e. The first-order valence-electron chi connectivity index (χ1n) is 8.32. The van der Waals surface area contributed by atoms with E-state index in [0.29, 0.717) is 25.9 Å². The fourth-order valence-corrected chi connectivity index (χ4v) is 3.84. The van der Waals surface area contributed by atoms with Gasteiger partial charge in [-0.05, 0) is 49.4 Å². The number of amides is 2. The number of fused-ring (bicyclic) bond motifs is 1. The number of nitrogens with zero attached hydrogens (tertiary/aromatic N) is 1. The lowest BCUT2D eigenvalue weighted by Crippen LogP contribution is -2.48. The molecule has 2 amide bonds. The Morgan fingerprint density at radius 3 is 2.92 bits per heavy atom. The van der Waals surface area contributed by atoms with Crippen LogP contribution in [0.3, 0.4) is 0 Å². The molecule has 136 valence electrons. The minimum atomic E-state index is -3.74. The predicted molar refractivity (Wildman–Crippen MR) is 92.5 cm³/mol. The van der Waals surface area contributed by atoms with Crippen LogP contribution in [0.4, 0.5) is 5.69 Å². The molecule has 9 heteroatoms. The lowest BCUT2D eigenvalue weighted by atomic mass is 10.1. The smallest absolute Gasteiger partial charge is 0.242 e. The van der Waals surface area contributed by atoms with E-state index in [-0.39, 0.29) is 23.3 Å². The number of hydrogen-bond donors (Lipinski definition) is 3. The van der Waals surface area contributed by atoms with Crippen LogP contribution in [0.25, 0.3) is 0 Å². The molecule has 25 heavy (non-hydrogen) atoms. The molecule has 1 saturated heterocycles. The maximum absolute atomic E-state index is 12.3. The first kappa shape index (κ1) is 17.7. The second kappa shape index (κ2) is 7.01. The van der Waals surface area contributed by atoms with Crippen molar-refractivity contribution in [1.82, 2.24) is 10.6 Å². The Labute approximate surface area is 146 Å². The Balaban J connectivity index is 1.65. The molecule has 2 aliphatic rings. The van der Waals surface area contributed by atoms with Gasteiger partial charge in [-0.2, -0.15) is 0 Å². The van der Waals surface area contributed by atoms with Gasteiger partial charge in [0.05, 0.1) is 11.4 Å². The Morgan fingerprint density at radius 2 is 2.16 bits per heavy atom. The number of sulfonamides is 1. The molecule has 0 spiro atoms. The van der Waals surface area contributed by atoms with Gasteiger partial charge in [-0.3, -0.25) is 9.59 Å². The van der Waals surface area contributed by atoms with E-state index in [4.69, 9.17) is 5.14 Å². The molecule has 0 radical (unpaired) electrons. The first-order chi connectivity index (χ1) is 11.8. The minimum Gasteiger partial charge on any atom is -0.362 e. The average molecular weight is 366 g/mol. The highest BCUT2D eigenvalue weighted by Gasteiger charge is 2.26. The third kappa shape index (κ3) is 4.10. The Bertz CT molecular complexity index is 793. The summed E-state index contributed by atoms with van der Waals surface area (Å²) in [7, 11) is -3.74. The number of carbonyl (C=O) groups is 2. The van der Waals surface area contributed by atoms with Gasteiger partial charge in [0.25, 0.3) is 0 Å². The van der Waals surface area contributed by atoms with Crippen LogP contribution in [0.1, 0.15) is 24.8 Å². The van der Waals surface area contributed by atoms with Gasteiger partial charge < -0.3 is 15.5 Å². The fraction of sp³-hybridized carbons (Fsp3) is 0.500. The SMILES string of the molecule is NS(=O)(=O)c1ccc2c(c1)CCN2CC(=O)N[C@H]1CCCCNC1=O. The van der Waals surface area contributed by atoms with Crippen molar-refractivity contribution < 1.29 is 18.0 Å². The summed E-state index contributed by atoms with van der Waals surface area (Å²) in [4.78, 5) is 26.2. The van der Waals surface area contributed by atoms with Crippen molar-refractivity contribution >= 4 is 27.5 Å². The summed E-state index contributed by atoms with van der Waals surface area (Å²) in [5.74, 6) is -0.351. The van der Waals surface area contributed by atoms with Crippen LogP contribution in [0.5, 0.6) is 0 Å². The zero-order valence-electron chi connectivity index (χ0n) is 13.8. The number of hydrogen-bond acceptors (Lipinski definition) is 5. The molecule has 1 aromatic carbocycles. The third-order valence-corrected chi connectivity index (χ3v) is 5.49. The highest BCUT2D eigenvalue weighted by Crippen LogP contribution is 2.29. The first-order valence-corrected chi connectivity index (χ1v) is 9.87. The number of nitrogens with one attached hydrogen (secondary N) is 2. The normalized spacial score (nSPS) is 20.6. The summed E-state index contributed by atoms with van der Waals surface area (Å²) in [6.45, 7) is 1.40. The van der Waals surface area contributed by atoms with Crippen LogP contribution in [0.2, 0.25) is 0 Å². The molecular formula is C16H22N4O4S. The highest BCUT2D eigenvalue weighted by molar-refractivity contribution is 7.89. The topological polar surface area (TPSA) is 122 Å². The quantitative estimate of drug-likeness (QED) is 0.662. The summed E-state index contributed by atoms with van der Waals surface area (Å²) in [5, 5.41) is 10.7. The van der Waals surface area contributed by atoms with Crippen molar-refractivity contribution in [3.8, 4) is 0 Å². The summed E-state index contributed by atoms with van der Waals surface area (Å²) < 4.78 is 22.9. The minimum absolute atomic E-state index is 0.0766. The van der Waals surface area contributed by atoms with Crippen molar-refractivity contribution in [2.24, 2.45) is 5.14 Å². The molecule has 2 heterocycles. The van der Waals surface area contributed by atoms with E-state index >= 15 is 0 Å². The van der Waals surface area contributed by atoms with E-state index < -0.39 is 16.1 Å². The number of rotatable bonds is 4. The van der Waals surface area contributed by atoms with E-state index in [1.165, 1.54) is 6.07 Å². The van der Waals surface area contributed by atoms with E-state index in [1.807, 2.05) is 4.90 Å². The van der Waals surface area contributed by atoms with Crippen LogP contribution in [0, 0.1) is 0 Å². The third-order valence-electron chi connectivity index (χ3n) is 4.58. The number of nitrogens with two attached hydrogens (primary N) is 1. The molecule has 1 aromatic rings. The molecule has 1 atom stereocenters. The Hall–Kier alpha value is -2.13. The molecule has 0 saturated carbocycles. The maximum Gasteiger partial charge on any atom is 0.242 e. The second-order valence-electron chi connectivity index (χ2n) is 6.41. The molecule has 8 nitrogen and oxygen atoms in total. The van der Waals surface area contributed by atoms with Gasteiger partial charge in [-0.1, -0.05) is 0 Å². The fourth-order valence-electron chi connectivity index (χ4n) is 3.28. The van der Waals surface area contributed by atoms with Crippen LogP contribution in [-0.4, -0.2) is 45.9 Å². The van der Waals surface area contributed by atoms with Gasteiger partial charge in [-0.15, -0.1) is 0 Å². The summed E-state index contributed by atoms with van der Waals surface area (Å²) in [6, 6.07) is 4.19. The van der Waals surface area contributed by atoms with Gasteiger partial charge in [-0.25, -0.2) is 13.6 Å². The van der Waals surface area contributed by atoms with E-state index in [0.717, 1.165) is 24.1 Å². The van der Waals surface area contributed by atoms with Crippen LogP contribution in [-0.2, 0) is 26.0 Å². The average Bonchev–Trinajstić information content (AvgIpc) is 2.83.